The molecule has 21 heavy (non-hydrogen) atoms. The molecule has 0 N–H and O–H groups in total. The second kappa shape index (κ2) is 5.88. The third-order valence-corrected chi connectivity index (χ3v) is 4.52. The smallest absolute Gasteiger partial charge is 0.260 e. The Morgan fingerprint density at radius 1 is 1.29 bits per heavy atom. The summed E-state index contributed by atoms with van der Waals surface area (Å²) in [6, 6.07) is 5.51. The molecule has 0 bridgehead atoms. The summed E-state index contributed by atoms with van der Waals surface area (Å²) >= 11 is 0. The lowest BCUT2D eigenvalue weighted by Gasteiger charge is -2.30. The topological polar surface area (TPSA) is 46.6 Å². The molecule has 0 radical (unpaired) electrons. The fourth-order valence-corrected chi connectivity index (χ4v) is 3.08. The summed E-state index contributed by atoms with van der Waals surface area (Å²) < 4.78 is 5.70. The van der Waals surface area contributed by atoms with Crippen molar-refractivity contribution in [1.29, 1.82) is 0 Å². The van der Waals surface area contributed by atoms with E-state index >= 15 is 0 Å². The SMILES string of the molecule is CC1CCN(C(=O)COc2cccc3c2CCC3=O)CC1. The van der Waals surface area contributed by atoms with Crippen molar-refractivity contribution in [2.24, 2.45) is 5.92 Å². The number of fused-ring (bicyclic) bond motifs is 1. The minimum atomic E-state index is 0.0452. The van der Waals surface area contributed by atoms with Crippen molar-refractivity contribution in [2.45, 2.75) is 32.6 Å². The highest BCUT2D eigenvalue weighted by Gasteiger charge is 2.24. The molecule has 3 rings (SSSR count). The van der Waals surface area contributed by atoms with Gasteiger partial charge in [0.25, 0.3) is 5.91 Å². The summed E-state index contributed by atoms with van der Waals surface area (Å²) in [6.07, 6.45) is 3.41. The standard InChI is InChI=1S/C17H21NO3/c1-12-7-9-18(10-8-12)17(20)11-21-16-4-2-3-13-14(16)5-6-15(13)19/h2-4,12H,5-11H2,1H3. The Bertz CT molecular complexity index is 559. The van der Waals surface area contributed by atoms with Crippen LogP contribution in [0.3, 0.4) is 0 Å². The molecule has 1 aliphatic carbocycles. The molecule has 0 aromatic heterocycles. The maximum Gasteiger partial charge on any atom is 0.260 e. The molecule has 0 unspecified atom stereocenters. The second-order valence-electron chi connectivity index (χ2n) is 6.06. The van der Waals surface area contributed by atoms with Gasteiger partial charge in [0.1, 0.15) is 5.75 Å². The molecule has 1 heterocycles. The van der Waals surface area contributed by atoms with Gasteiger partial charge in [0.2, 0.25) is 0 Å². The van der Waals surface area contributed by atoms with Crippen molar-refractivity contribution in [1.82, 2.24) is 4.90 Å². The number of amides is 1. The van der Waals surface area contributed by atoms with Gasteiger partial charge in [-0.3, -0.25) is 9.59 Å². The predicted molar refractivity (Wildman–Crippen MR) is 79.6 cm³/mol. The van der Waals surface area contributed by atoms with E-state index < -0.39 is 0 Å². The maximum absolute atomic E-state index is 12.2. The number of ketones is 1. The van der Waals surface area contributed by atoms with Gasteiger partial charge < -0.3 is 9.64 Å². The van der Waals surface area contributed by atoms with Crippen molar-refractivity contribution < 1.29 is 14.3 Å². The van der Waals surface area contributed by atoms with Crippen LogP contribution in [0.1, 0.15) is 42.1 Å². The Hall–Kier alpha value is -1.84. The average molecular weight is 287 g/mol. The number of hydrogen-bond donors (Lipinski definition) is 0. The number of rotatable bonds is 3. The Morgan fingerprint density at radius 3 is 2.81 bits per heavy atom. The Morgan fingerprint density at radius 2 is 2.05 bits per heavy atom. The second-order valence-corrected chi connectivity index (χ2v) is 6.06. The lowest BCUT2D eigenvalue weighted by molar-refractivity contribution is -0.134. The van der Waals surface area contributed by atoms with E-state index in [1.807, 2.05) is 23.1 Å². The normalized spacial score (nSPS) is 18.7. The van der Waals surface area contributed by atoms with Gasteiger partial charge in [0.15, 0.2) is 12.4 Å². The number of Topliss-reactive ketones (excluding diaryl/α,β-unsaturated/α-hetero) is 1. The Balaban J connectivity index is 1.61. The summed E-state index contributed by atoms with van der Waals surface area (Å²) in [5, 5.41) is 0. The van der Waals surface area contributed by atoms with E-state index in [0.29, 0.717) is 18.1 Å². The van der Waals surface area contributed by atoms with Crippen LogP contribution in [-0.2, 0) is 11.2 Å². The molecule has 112 valence electrons. The van der Waals surface area contributed by atoms with Crippen LogP contribution in [0.25, 0.3) is 0 Å². The maximum atomic E-state index is 12.2. The number of carbonyl (C=O) groups is 2. The number of benzene rings is 1. The molecule has 2 aliphatic rings. The highest BCUT2D eigenvalue weighted by atomic mass is 16.5. The highest BCUT2D eigenvalue weighted by Crippen LogP contribution is 2.30. The van der Waals surface area contributed by atoms with Crippen molar-refractivity contribution >= 4 is 11.7 Å². The third-order valence-electron chi connectivity index (χ3n) is 4.52. The summed E-state index contributed by atoms with van der Waals surface area (Å²) in [6.45, 7) is 3.95. The molecule has 1 aromatic rings. The molecule has 1 amide bonds. The van der Waals surface area contributed by atoms with Gasteiger partial charge in [-0.25, -0.2) is 0 Å². The molecule has 0 saturated carbocycles. The average Bonchev–Trinajstić information content (AvgIpc) is 2.88. The summed E-state index contributed by atoms with van der Waals surface area (Å²) in [5.41, 5.74) is 1.72. The van der Waals surface area contributed by atoms with Gasteiger partial charge in [-0.05, 0) is 31.2 Å². The number of nitrogens with zero attached hydrogens (tertiary/aromatic N) is 1. The van der Waals surface area contributed by atoms with Gasteiger partial charge in [0.05, 0.1) is 0 Å². The molecular weight excluding hydrogens is 266 g/mol. The first kappa shape index (κ1) is 14.1. The zero-order chi connectivity index (χ0) is 14.8. The van der Waals surface area contributed by atoms with Crippen LogP contribution in [0.15, 0.2) is 18.2 Å². The van der Waals surface area contributed by atoms with Gasteiger partial charge in [-0.2, -0.15) is 0 Å². The molecule has 4 heteroatoms. The Kier molecular flexibility index (Phi) is 3.95. The number of hydrogen-bond acceptors (Lipinski definition) is 3. The molecule has 1 saturated heterocycles. The van der Waals surface area contributed by atoms with Gasteiger partial charge >= 0.3 is 0 Å². The zero-order valence-electron chi connectivity index (χ0n) is 12.4. The van der Waals surface area contributed by atoms with Crippen molar-refractivity contribution in [2.75, 3.05) is 19.7 Å². The molecular formula is C17H21NO3. The quantitative estimate of drug-likeness (QED) is 0.858. The molecule has 1 aliphatic heterocycles. The lowest BCUT2D eigenvalue weighted by Crippen LogP contribution is -2.40. The minimum Gasteiger partial charge on any atom is -0.483 e. The number of piperidine rings is 1. The van der Waals surface area contributed by atoms with Crippen LogP contribution in [0.2, 0.25) is 0 Å². The van der Waals surface area contributed by atoms with Crippen LogP contribution >= 0.6 is 0 Å². The van der Waals surface area contributed by atoms with E-state index in [-0.39, 0.29) is 18.3 Å². The first-order valence-corrected chi connectivity index (χ1v) is 7.71. The molecule has 0 atom stereocenters. The van der Waals surface area contributed by atoms with Crippen LogP contribution < -0.4 is 4.74 Å². The van der Waals surface area contributed by atoms with Crippen LogP contribution in [0.5, 0.6) is 5.75 Å². The molecule has 1 aromatic carbocycles. The fraction of sp³-hybridized carbons (Fsp3) is 0.529. The summed E-state index contributed by atoms with van der Waals surface area (Å²) in [7, 11) is 0. The first-order chi connectivity index (χ1) is 10.1. The van der Waals surface area contributed by atoms with E-state index in [4.69, 9.17) is 4.74 Å². The van der Waals surface area contributed by atoms with Gasteiger partial charge in [-0.1, -0.05) is 19.1 Å². The third kappa shape index (κ3) is 2.94. The largest absolute Gasteiger partial charge is 0.483 e. The van der Waals surface area contributed by atoms with Gasteiger partial charge in [-0.15, -0.1) is 0 Å². The van der Waals surface area contributed by atoms with E-state index in [9.17, 15) is 9.59 Å². The van der Waals surface area contributed by atoms with Crippen molar-refractivity contribution in [3.05, 3.63) is 29.3 Å². The predicted octanol–water partition coefficient (Wildman–Crippen LogP) is 2.45. The van der Waals surface area contributed by atoms with Crippen LogP contribution in [-0.4, -0.2) is 36.3 Å². The summed E-state index contributed by atoms with van der Waals surface area (Å²) in [4.78, 5) is 25.8. The molecule has 0 spiro atoms. The molecule has 1 fully saturated rings. The number of ether oxygens (including phenoxy) is 1. The van der Waals surface area contributed by atoms with E-state index in [0.717, 1.165) is 43.5 Å². The van der Waals surface area contributed by atoms with Crippen molar-refractivity contribution in [3.63, 3.8) is 0 Å². The van der Waals surface area contributed by atoms with Crippen LogP contribution in [0, 0.1) is 5.92 Å². The van der Waals surface area contributed by atoms with Crippen LogP contribution in [0.4, 0.5) is 0 Å². The lowest BCUT2D eigenvalue weighted by atomic mass is 9.99. The molecule has 4 nitrogen and oxygen atoms in total. The fourth-order valence-electron chi connectivity index (χ4n) is 3.08. The number of carbonyl (C=O) groups excluding carboxylic acids is 2. The van der Waals surface area contributed by atoms with E-state index in [1.54, 1.807) is 0 Å². The number of likely N-dealkylation sites (tertiary alicyclic amines) is 1. The van der Waals surface area contributed by atoms with E-state index in [2.05, 4.69) is 6.92 Å². The van der Waals surface area contributed by atoms with E-state index in [1.165, 1.54) is 0 Å². The summed E-state index contributed by atoms with van der Waals surface area (Å²) in [5.74, 6) is 1.62. The van der Waals surface area contributed by atoms with Crippen molar-refractivity contribution in [3.8, 4) is 5.75 Å². The Labute approximate surface area is 125 Å². The minimum absolute atomic E-state index is 0.0452. The highest BCUT2D eigenvalue weighted by molar-refractivity contribution is 6.01. The zero-order valence-corrected chi connectivity index (χ0v) is 12.4. The first-order valence-electron chi connectivity index (χ1n) is 7.71. The van der Waals surface area contributed by atoms with Gasteiger partial charge in [0, 0.05) is 30.6 Å². The monoisotopic (exact) mass is 287 g/mol.